The summed E-state index contributed by atoms with van der Waals surface area (Å²) < 4.78 is 35.0. The fraction of sp³-hybridized carbons (Fsp3) is 0.550. The molecule has 2 aromatic rings. The van der Waals surface area contributed by atoms with E-state index in [1.54, 1.807) is 0 Å². The minimum atomic E-state index is -1.73. The van der Waals surface area contributed by atoms with Crippen LogP contribution < -0.4 is 0 Å². The van der Waals surface area contributed by atoms with E-state index < -0.39 is 22.7 Å². The molecule has 1 aliphatic carbocycles. The molecule has 1 aliphatic rings. The number of rotatable bonds is 10. The van der Waals surface area contributed by atoms with Crippen LogP contribution in [0.5, 0.6) is 0 Å². The average molecular weight is 408 g/mol. The Kier molecular flexibility index (Phi) is 6.28. The highest BCUT2D eigenvalue weighted by atomic mass is 19.1. The molecule has 1 saturated carbocycles. The molecule has 0 amide bonds. The summed E-state index contributed by atoms with van der Waals surface area (Å²) in [5.74, 6) is -1.61. The SMILES string of the molecule is CCOCON=C(C(C)C)C1(C(O)(Cn2cncn2)c2ccc(F)cc2F)CC1. The first-order chi connectivity index (χ1) is 13.8. The molecule has 1 aromatic carbocycles. The van der Waals surface area contributed by atoms with Gasteiger partial charge < -0.3 is 14.7 Å². The summed E-state index contributed by atoms with van der Waals surface area (Å²) in [6.07, 6.45) is 3.93. The third kappa shape index (κ3) is 4.16. The van der Waals surface area contributed by atoms with Gasteiger partial charge in [-0.2, -0.15) is 5.10 Å². The zero-order valence-corrected chi connectivity index (χ0v) is 16.8. The van der Waals surface area contributed by atoms with Gasteiger partial charge in [-0.15, -0.1) is 0 Å². The van der Waals surface area contributed by atoms with E-state index in [4.69, 9.17) is 9.57 Å². The summed E-state index contributed by atoms with van der Waals surface area (Å²) in [6, 6.07) is 3.19. The van der Waals surface area contributed by atoms with Gasteiger partial charge >= 0.3 is 0 Å². The molecule has 1 fully saturated rings. The molecule has 0 bridgehead atoms. The Hall–Kier alpha value is -2.39. The highest BCUT2D eigenvalue weighted by Gasteiger charge is 2.64. The van der Waals surface area contributed by atoms with Crippen molar-refractivity contribution in [2.75, 3.05) is 13.4 Å². The van der Waals surface area contributed by atoms with Gasteiger partial charge in [-0.25, -0.2) is 18.4 Å². The molecular weight excluding hydrogens is 382 g/mol. The lowest BCUT2D eigenvalue weighted by Gasteiger charge is -2.39. The highest BCUT2D eigenvalue weighted by molar-refractivity contribution is 5.95. The molecule has 0 spiro atoms. The summed E-state index contributed by atoms with van der Waals surface area (Å²) in [5.41, 5.74) is -2.01. The fourth-order valence-corrected chi connectivity index (χ4v) is 3.84. The summed E-state index contributed by atoms with van der Waals surface area (Å²) in [7, 11) is 0. The number of ether oxygens (including phenoxy) is 1. The van der Waals surface area contributed by atoms with E-state index >= 15 is 0 Å². The van der Waals surface area contributed by atoms with Gasteiger partial charge in [0.25, 0.3) is 0 Å². The van der Waals surface area contributed by atoms with Gasteiger partial charge in [0.2, 0.25) is 6.79 Å². The van der Waals surface area contributed by atoms with Gasteiger partial charge in [-0.1, -0.05) is 25.1 Å². The third-order valence-electron chi connectivity index (χ3n) is 5.32. The summed E-state index contributed by atoms with van der Waals surface area (Å²) >= 11 is 0. The van der Waals surface area contributed by atoms with E-state index in [0.29, 0.717) is 25.2 Å². The van der Waals surface area contributed by atoms with Crippen molar-refractivity contribution < 1.29 is 23.5 Å². The molecule has 1 unspecified atom stereocenters. The van der Waals surface area contributed by atoms with Gasteiger partial charge in [0.05, 0.1) is 12.3 Å². The molecule has 0 aliphatic heterocycles. The molecule has 158 valence electrons. The van der Waals surface area contributed by atoms with Gasteiger partial charge in [-0.3, -0.25) is 0 Å². The number of hydrogen-bond donors (Lipinski definition) is 1. The molecule has 0 saturated heterocycles. The molecule has 0 radical (unpaired) electrons. The quantitative estimate of drug-likeness (QED) is 0.282. The molecular formula is C20H26F2N4O3. The van der Waals surface area contributed by atoms with Crippen LogP contribution in [-0.2, 0) is 21.7 Å². The zero-order valence-electron chi connectivity index (χ0n) is 16.8. The lowest BCUT2D eigenvalue weighted by atomic mass is 9.72. The van der Waals surface area contributed by atoms with Crippen molar-refractivity contribution in [2.24, 2.45) is 16.5 Å². The maximum Gasteiger partial charge on any atom is 0.216 e. The molecule has 3 rings (SSSR count). The van der Waals surface area contributed by atoms with Crippen LogP contribution in [0.3, 0.4) is 0 Å². The van der Waals surface area contributed by atoms with Crippen LogP contribution in [0, 0.1) is 23.0 Å². The number of oxime groups is 1. The second-order valence-corrected chi connectivity index (χ2v) is 7.53. The third-order valence-corrected chi connectivity index (χ3v) is 5.32. The summed E-state index contributed by atoms with van der Waals surface area (Å²) in [4.78, 5) is 9.21. The second kappa shape index (κ2) is 8.54. The fourth-order valence-electron chi connectivity index (χ4n) is 3.84. The van der Waals surface area contributed by atoms with Crippen LogP contribution in [0.2, 0.25) is 0 Å². The monoisotopic (exact) mass is 408 g/mol. The second-order valence-electron chi connectivity index (χ2n) is 7.53. The normalized spacial score (nSPS) is 18.0. The van der Waals surface area contributed by atoms with Crippen molar-refractivity contribution >= 4 is 5.71 Å². The van der Waals surface area contributed by atoms with Crippen molar-refractivity contribution in [1.82, 2.24) is 14.8 Å². The van der Waals surface area contributed by atoms with E-state index in [2.05, 4.69) is 15.2 Å². The van der Waals surface area contributed by atoms with Gasteiger partial charge in [0.1, 0.15) is 29.9 Å². The maximum absolute atomic E-state index is 14.8. The number of aromatic nitrogens is 3. The summed E-state index contributed by atoms with van der Waals surface area (Å²) in [5, 5.41) is 20.2. The van der Waals surface area contributed by atoms with Crippen LogP contribution in [0.25, 0.3) is 0 Å². The Labute approximate surface area is 168 Å². The lowest BCUT2D eigenvalue weighted by molar-refractivity contribution is -0.0560. The van der Waals surface area contributed by atoms with E-state index in [1.807, 2.05) is 20.8 Å². The van der Waals surface area contributed by atoms with Crippen LogP contribution in [0.15, 0.2) is 36.0 Å². The largest absolute Gasteiger partial charge is 0.382 e. The van der Waals surface area contributed by atoms with E-state index in [1.165, 1.54) is 23.4 Å². The van der Waals surface area contributed by atoms with E-state index in [0.717, 1.165) is 12.1 Å². The van der Waals surface area contributed by atoms with Crippen molar-refractivity contribution in [3.8, 4) is 0 Å². The van der Waals surface area contributed by atoms with Gasteiger partial charge in [0, 0.05) is 23.7 Å². The summed E-state index contributed by atoms with van der Waals surface area (Å²) in [6.45, 7) is 6.10. The molecule has 1 atom stereocenters. The molecule has 1 N–H and O–H groups in total. The number of benzene rings is 1. The number of halogens is 2. The van der Waals surface area contributed by atoms with Crippen LogP contribution in [-0.4, -0.2) is 39.0 Å². The Morgan fingerprint density at radius 2 is 2.14 bits per heavy atom. The predicted octanol–water partition coefficient (Wildman–Crippen LogP) is 3.25. The van der Waals surface area contributed by atoms with E-state index in [9.17, 15) is 13.9 Å². The number of aliphatic hydroxyl groups is 1. The maximum atomic E-state index is 14.8. The minimum Gasteiger partial charge on any atom is -0.382 e. The zero-order chi connectivity index (χ0) is 21.1. The Balaban J connectivity index is 2.07. The Morgan fingerprint density at radius 1 is 1.38 bits per heavy atom. The first kappa shape index (κ1) is 21.3. The molecule has 1 aromatic heterocycles. The highest BCUT2D eigenvalue weighted by Crippen LogP contribution is 2.61. The average Bonchev–Trinajstić information content (AvgIpc) is 3.31. The van der Waals surface area contributed by atoms with E-state index in [-0.39, 0.29) is 24.8 Å². The van der Waals surface area contributed by atoms with Crippen molar-refractivity contribution in [3.63, 3.8) is 0 Å². The van der Waals surface area contributed by atoms with Crippen LogP contribution in [0.4, 0.5) is 8.78 Å². The van der Waals surface area contributed by atoms with Gasteiger partial charge in [-0.05, 0) is 31.7 Å². The number of nitrogens with zero attached hydrogens (tertiary/aromatic N) is 4. The molecule has 9 heteroatoms. The molecule has 1 heterocycles. The Bertz CT molecular complexity index is 853. The van der Waals surface area contributed by atoms with Crippen LogP contribution >= 0.6 is 0 Å². The minimum absolute atomic E-state index is 0.00921. The predicted molar refractivity (Wildman–Crippen MR) is 102 cm³/mol. The van der Waals surface area contributed by atoms with Gasteiger partial charge in [0.15, 0.2) is 0 Å². The van der Waals surface area contributed by atoms with Crippen LogP contribution in [0.1, 0.15) is 39.2 Å². The standard InChI is InChI=1S/C20H26F2N4O3/c1-4-28-13-29-25-18(14(2)3)19(7-8-19)20(27,10-26-12-23-11-24-26)16-6-5-15(21)9-17(16)22/h5-6,9,11-12,14,27H,4,7-8,10,13H2,1-3H3. The first-order valence-corrected chi connectivity index (χ1v) is 9.62. The smallest absolute Gasteiger partial charge is 0.216 e. The molecule has 29 heavy (non-hydrogen) atoms. The van der Waals surface area contributed by atoms with Crippen molar-refractivity contribution in [2.45, 2.75) is 45.8 Å². The van der Waals surface area contributed by atoms with Crippen molar-refractivity contribution in [3.05, 3.63) is 48.1 Å². The lowest BCUT2D eigenvalue weighted by Crippen LogP contribution is -2.47. The topological polar surface area (TPSA) is 81.8 Å². The van der Waals surface area contributed by atoms with Crippen molar-refractivity contribution in [1.29, 1.82) is 0 Å². The first-order valence-electron chi connectivity index (χ1n) is 9.62. The number of hydrogen-bond acceptors (Lipinski definition) is 6. The Morgan fingerprint density at radius 3 is 2.69 bits per heavy atom. The molecule has 7 nitrogen and oxygen atoms in total.